The van der Waals surface area contributed by atoms with Crippen LogP contribution in [0.1, 0.15) is 20.3 Å². The summed E-state index contributed by atoms with van der Waals surface area (Å²) in [5.41, 5.74) is 0. The normalized spacial score (nSPS) is 25.1. The van der Waals surface area contributed by atoms with Gasteiger partial charge in [0.15, 0.2) is 11.6 Å². The maximum absolute atomic E-state index is 5.76. The van der Waals surface area contributed by atoms with Crippen molar-refractivity contribution in [2.45, 2.75) is 32.4 Å². The third-order valence-corrected chi connectivity index (χ3v) is 4.34. The summed E-state index contributed by atoms with van der Waals surface area (Å²) in [4.78, 5) is 5.00. The zero-order valence-electron chi connectivity index (χ0n) is 10.4. The van der Waals surface area contributed by atoms with Crippen LogP contribution >= 0.6 is 11.5 Å². The molecule has 17 heavy (non-hydrogen) atoms. The first-order valence-corrected chi connectivity index (χ1v) is 7.17. The second kappa shape index (κ2) is 4.46. The van der Waals surface area contributed by atoms with Gasteiger partial charge in [-0.3, -0.25) is 4.90 Å². The van der Waals surface area contributed by atoms with Crippen LogP contribution in [0.25, 0.3) is 0 Å². The minimum atomic E-state index is 0.564. The molecule has 94 valence electrons. The fourth-order valence-corrected chi connectivity index (χ4v) is 3.31. The molecule has 1 saturated heterocycles. The molecule has 0 radical (unpaired) electrons. The number of anilines is 1. The van der Waals surface area contributed by atoms with E-state index in [2.05, 4.69) is 28.0 Å². The van der Waals surface area contributed by atoms with Crippen LogP contribution < -0.4 is 9.64 Å². The van der Waals surface area contributed by atoms with E-state index in [4.69, 9.17) is 4.74 Å². The number of piperazine rings is 1. The minimum Gasteiger partial charge on any atom is -0.489 e. The van der Waals surface area contributed by atoms with Gasteiger partial charge in [-0.05, 0) is 25.4 Å². The third kappa shape index (κ3) is 2.02. The Labute approximate surface area is 106 Å². The molecule has 0 N–H and O–H groups in total. The lowest BCUT2D eigenvalue weighted by molar-refractivity contribution is 0.172. The second-order valence-corrected chi connectivity index (χ2v) is 5.70. The molecule has 1 fully saturated rings. The first-order valence-electron chi connectivity index (χ1n) is 6.33. The summed E-state index contributed by atoms with van der Waals surface area (Å²) in [6.07, 6.45) is 1.10. The van der Waals surface area contributed by atoms with E-state index < -0.39 is 0 Å². The van der Waals surface area contributed by atoms with Crippen LogP contribution in [0.2, 0.25) is 0 Å². The van der Waals surface area contributed by atoms with E-state index in [1.54, 1.807) is 0 Å². The van der Waals surface area contributed by atoms with Gasteiger partial charge >= 0.3 is 0 Å². The summed E-state index contributed by atoms with van der Waals surface area (Å²) in [7, 11) is 0. The van der Waals surface area contributed by atoms with Gasteiger partial charge in [0.1, 0.15) is 0 Å². The van der Waals surface area contributed by atoms with Gasteiger partial charge in [0.25, 0.3) is 0 Å². The predicted octanol–water partition coefficient (Wildman–Crippen LogP) is 1.82. The second-order valence-electron chi connectivity index (χ2n) is 5.08. The number of hydrogen-bond donors (Lipinski definition) is 0. The van der Waals surface area contributed by atoms with E-state index in [0.29, 0.717) is 12.1 Å². The summed E-state index contributed by atoms with van der Waals surface area (Å²) in [5, 5.41) is 2.02. The molecule has 0 spiro atoms. The molecular formula is C12H19N3OS. The molecule has 1 atom stereocenters. The molecule has 0 saturated carbocycles. The van der Waals surface area contributed by atoms with Gasteiger partial charge in [-0.15, -0.1) is 0 Å². The number of aromatic nitrogens is 1. The Hall–Kier alpha value is -0.810. The standard InChI is InChI=1S/C12H19N3OS/c1-9(2)14-4-5-15-10(7-14)3-6-16-11-8-17-13-12(11)15/h8-10H,3-7H2,1-2H3/t10-/m0/s1. The molecule has 0 unspecified atom stereocenters. The van der Waals surface area contributed by atoms with Crippen LogP contribution in [-0.4, -0.2) is 47.6 Å². The Balaban J connectivity index is 1.83. The van der Waals surface area contributed by atoms with Gasteiger partial charge in [-0.2, -0.15) is 4.37 Å². The molecule has 1 aromatic heterocycles. The van der Waals surface area contributed by atoms with E-state index >= 15 is 0 Å². The summed E-state index contributed by atoms with van der Waals surface area (Å²) in [5.74, 6) is 2.05. The van der Waals surface area contributed by atoms with Gasteiger partial charge in [0, 0.05) is 38.1 Å². The average Bonchev–Trinajstić information content (AvgIpc) is 2.71. The van der Waals surface area contributed by atoms with Gasteiger partial charge < -0.3 is 9.64 Å². The molecule has 0 aromatic carbocycles. The third-order valence-electron chi connectivity index (χ3n) is 3.74. The first-order chi connectivity index (χ1) is 8.25. The SMILES string of the molecule is CC(C)N1CCN2c3nscc3OCC[C@H]2C1. The van der Waals surface area contributed by atoms with Crippen LogP contribution in [0.5, 0.6) is 5.75 Å². The predicted molar refractivity (Wildman–Crippen MR) is 70.1 cm³/mol. The first kappa shape index (κ1) is 11.3. The average molecular weight is 253 g/mol. The summed E-state index contributed by atoms with van der Waals surface area (Å²) in [6, 6.07) is 1.20. The highest BCUT2D eigenvalue weighted by Gasteiger charge is 2.32. The molecule has 3 heterocycles. The maximum Gasteiger partial charge on any atom is 0.185 e. The molecular weight excluding hydrogens is 234 g/mol. The smallest absolute Gasteiger partial charge is 0.185 e. The molecule has 2 aliphatic rings. The van der Waals surface area contributed by atoms with Gasteiger partial charge in [-0.1, -0.05) is 0 Å². The van der Waals surface area contributed by atoms with Crippen molar-refractivity contribution in [1.29, 1.82) is 0 Å². The summed E-state index contributed by atoms with van der Waals surface area (Å²) >= 11 is 1.50. The largest absolute Gasteiger partial charge is 0.489 e. The Morgan fingerprint density at radius 3 is 3.18 bits per heavy atom. The van der Waals surface area contributed by atoms with Crippen LogP contribution in [0.3, 0.4) is 0 Å². The topological polar surface area (TPSA) is 28.6 Å². The lowest BCUT2D eigenvalue weighted by Gasteiger charge is -2.42. The van der Waals surface area contributed by atoms with E-state index in [0.717, 1.165) is 44.2 Å². The van der Waals surface area contributed by atoms with Crippen molar-refractivity contribution in [3.8, 4) is 5.75 Å². The van der Waals surface area contributed by atoms with E-state index in [1.165, 1.54) is 11.5 Å². The van der Waals surface area contributed by atoms with Crippen molar-refractivity contribution in [1.82, 2.24) is 9.27 Å². The van der Waals surface area contributed by atoms with Crippen molar-refractivity contribution in [2.75, 3.05) is 31.1 Å². The Morgan fingerprint density at radius 1 is 1.47 bits per heavy atom. The maximum atomic E-state index is 5.76. The minimum absolute atomic E-state index is 0.564. The molecule has 0 amide bonds. The van der Waals surface area contributed by atoms with E-state index in [9.17, 15) is 0 Å². The molecule has 1 aromatic rings. The highest BCUT2D eigenvalue weighted by molar-refractivity contribution is 7.04. The molecule has 2 aliphatic heterocycles. The monoisotopic (exact) mass is 253 g/mol. The molecule has 4 nitrogen and oxygen atoms in total. The number of rotatable bonds is 1. The van der Waals surface area contributed by atoms with Crippen LogP contribution in [-0.2, 0) is 0 Å². The highest BCUT2D eigenvalue weighted by Crippen LogP contribution is 2.35. The lowest BCUT2D eigenvalue weighted by Crippen LogP contribution is -2.55. The molecule has 5 heteroatoms. The number of fused-ring (bicyclic) bond motifs is 3. The Morgan fingerprint density at radius 2 is 2.35 bits per heavy atom. The van der Waals surface area contributed by atoms with Crippen molar-refractivity contribution in [3.05, 3.63) is 5.38 Å². The number of ether oxygens (including phenoxy) is 1. The van der Waals surface area contributed by atoms with Crippen LogP contribution in [0.15, 0.2) is 5.38 Å². The Kier molecular flexibility index (Phi) is 2.96. The van der Waals surface area contributed by atoms with Crippen molar-refractivity contribution < 1.29 is 4.74 Å². The van der Waals surface area contributed by atoms with Crippen molar-refractivity contribution in [3.63, 3.8) is 0 Å². The summed E-state index contributed by atoms with van der Waals surface area (Å²) < 4.78 is 10.3. The summed E-state index contributed by atoms with van der Waals surface area (Å²) in [6.45, 7) is 8.71. The van der Waals surface area contributed by atoms with E-state index in [-0.39, 0.29) is 0 Å². The van der Waals surface area contributed by atoms with Crippen LogP contribution in [0, 0.1) is 0 Å². The Bertz CT molecular complexity index is 393. The highest BCUT2D eigenvalue weighted by atomic mass is 32.1. The van der Waals surface area contributed by atoms with Crippen molar-refractivity contribution in [2.24, 2.45) is 0 Å². The number of hydrogen-bond acceptors (Lipinski definition) is 5. The zero-order chi connectivity index (χ0) is 11.8. The van der Waals surface area contributed by atoms with Crippen molar-refractivity contribution >= 4 is 17.4 Å². The number of nitrogens with zero attached hydrogens (tertiary/aromatic N) is 3. The zero-order valence-corrected chi connectivity index (χ0v) is 11.2. The van der Waals surface area contributed by atoms with Crippen LogP contribution in [0.4, 0.5) is 5.82 Å². The quantitative estimate of drug-likeness (QED) is 0.763. The van der Waals surface area contributed by atoms with E-state index in [1.807, 2.05) is 5.38 Å². The fourth-order valence-electron chi connectivity index (χ4n) is 2.69. The lowest BCUT2D eigenvalue weighted by atomic mass is 10.1. The van der Waals surface area contributed by atoms with Gasteiger partial charge in [-0.25, -0.2) is 0 Å². The molecule has 0 aliphatic carbocycles. The fraction of sp³-hybridized carbons (Fsp3) is 0.750. The molecule has 0 bridgehead atoms. The van der Waals surface area contributed by atoms with Gasteiger partial charge in [0.2, 0.25) is 0 Å². The molecule has 3 rings (SSSR count). The van der Waals surface area contributed by atoms with Gasteiger partial charge in [0.05, 0.1) is 12.0 Å².